The van der Waals surface area contributed by atoms with Crippen LogP contribution in [0.1, 0.15) is 38.2 Å². The molecule has 18 heavy (non-hydrogen) atoms. The summed E-state index contributed by atoms with van der Waals surface area (Å²) in [5.41, 5.74) is 0.868. The third-order valence-corrected chi connectivity index (χ3v) is 4.19. The molecule has 2 unspecified atom stereocenters. The molecule has 1 aromatic carbocycles. The first-order valence-electron chi connectivity index (χ1n) is 6.30. The lowest BCUT2D eigenvalue weighted by atomic mass is 9.88. The van der Waals surface area contributed by atoms with Gasteiger partial charge in [0.15, 0.2) is 0 Å². The maximum Gasteiger partial charge on any atom is 0.142 e. The minimum absolute atomic E-state index is 0.245. The molecular weight excluding hydrogens is 291 g/mol. The van der Waals surface area contributed by atoms with Crippen molar-refractivity contribution >= 4 is 34.8 Å². The van der Waals surface area contributed by atoms with Gasteiger partial charge >= 0.3 is 0 Å². The molecule has 4 heteroatoms. The summed E-state index contributed by atoms with van der Waals surface area (Å²) in [5, 5.41) is 1.15. The van der Waals surface area contributed by atoms with Gasteiger partial charge in [0, 0.05) is 10.6 Å². The molecule has 0 spiro atoms. The zero-order valence-electron chi connectivity index (χ0n) is 10.4. The van der Waals surface area contributed by atoms with E-state index in [1.165, 1.54) is 12.8 Å². The Labute approximate surface area is 123 Å². The van der Waals surface area contributed by atoms with Gasteiger partial charge in [-0.05, 0) is 37.3 Å². The third kappa shape index (κ3) is 3.46. The number of hydrogen-bond donors (Lipinski definition) is 0. The number of hydrogen-bond acceptors (Lipinski definition) is 1. The van der Waals surface area contributed by atoms with Crippen molar-refractivity contribution in [3.63, 3.8) is 0 Å². The normalized spacial score (nSPS) is 24.0. The van der Waals surface area contributed by atoms with Gasteiger partial charge in [0.05, 0.1) is 17.0 Å². The van der Waals surface area contributed by atoms with Crippen molar-refractivity contribution in [2.75, 3.05) is 0 Å². The van der Waals surface area contributed by atoms with Crippen LogP contribution in [0.5, 0.6) is 5.75 Å². The number of halogens is 3. The van der Waals surface area contributed by atoms with Crippen LogP contribution >= 0.6 is 34.8 Å². The van der Waals surface area contributed by atoms with Gasteiger partial charge in [-0.1, -0.05) is 36.5 Å². The largest absolute Gasteiger partial charge is 0.489 e. The van der Waals surface area contributed by atoms with Crippen molar-refractivity contribution in [1.82, 2.24) is 0 Å². The van der Waals surface area contributed by atoms with Crippen molar-refractivity contribution in [1.29, 1.82) is 0 Å². The molecule has 0 aromatic heterocycles. The molecule has 0 N–H and O–H groups in total. The molecule has 0 radical (unpaired) electrons. The fourth-order valence-electron chi connectivity index (χ4n) is 2.50. The summed E-state index contributed by atoms with van der Waals surface area (Å²) in [5.74, 6) is 1.78. The van der Waals surface area contributed by atoms with Gasteiger partial charge in [-0.15, -0.1) is 11.6 Å². The minimum Gasteiger partial charge on any atom is -0.489 e. The van der Waals surface area contributed by atoms with Gasteiger partial charge < -0.3 is 4.74 Å². The third-order valence-electron chi connectivity index (χ3n) is 3.40. The van der Waals surface area contributed by atoms with E-state index in [0.717, 1.165) is 18.4 Å². The Morgan fingerprint density at radius 3 is 2.72 bits per heavy atom. The summed E-state index contributed by atoms with van der Waals surface area (Å²) < 4.78 is 6.06. The second kappa shape index (κ2) is 6.36. The number of benzene rings is 1. The standard InChI is InChI=1S/C14H17Cl3O/c1-9-3-2-4-12(5-9)18-14-10(8-15)6-11(16)7-13(14)17/h6-7,9,12H,2-5,8H2,1H3. The van der Waals surface area contributed by atoms with Crippen LogP contribution in [0, 0.1) is 5.92 Å². The van der Waals surface area contributed by atoms with Gasteiger partial charge in [-0.2, -0.15) is 0 Å². The second-order valence-corrected chi connectivity index (χ2v) is 6.13. The molecule has 1 aliphatic carbocycles. The molecule has 0 amide bonds. The summed E-state index contributed by atoms with van der Waals surface area (Å²) in [6.07, 6.45) is 4.92. The first-order chi connectivity index (χ1) is 8.60. The number of alkyl halides is 1. The minimum atomic E-state index is 0.245. The smallest absolute Gasteiger partial charge is 0.142 e. The summed E-state index contributed by atoms with van der Waals surface area (Å²) >= 11 is 18.1. The molecule has 0 bridgehead atoms. The monoisotopic (exact) mass is 306 g/mol. The Morgan fingerprint density at radius 2 is 2.06 bits per heavy atom. The average Bonchev–Trinajstić information content (AvgIpc) is 2.32. The van der Waals surface area contributed by atoms with E-state index in [2.05, 4.69) is 6.92 Å². The van der Waals surface area contributed by atoms with Crippen molar-refractivity contribution in [2.45, 2.75) is 44.6 Å². The van der Waals surface area contributed by atoms with Crippen LogP contribution in [0.25, 0.3) is 0 Å². The molecule has 1 aromatic rings. The predicted molar refractivity (Wildman–Crippen MR) is 78.1 cm³/mol. The highest BCUT2D eigenvalue weighted by Crippen LogP contribution is 2.36. The van der Waals surface area contributed by atoms with E-state index in [1.54, 1.807) is 6.07 Å². The fourth-order valence-corrected chi connectivity index (χ4v) is 3.28. The van der Waals surface area contributed by atoms with Gasteiger partial charge in [0.2, 0.25) is 0 Å². The first kappa shape index (κ1) is 14.3. The highest BCUT2D eigenvalue weighted by Gasteiger charge is 2.22. The van der Waals surface area contributed by atoms with Gasteiger partial charge in [-0.25, -0.2) is 0 Å². The molecule has 1 nitrogen and oxygen atoms in total. The Kier molecular flexibility index (Phi) is 5.06. The molecular formula is C14H17Cl3O. The van der Waals surface area contributed by atoms with Crippen molar-refractivity contribution in [2.24, 2.45) is 5.92 Å². The van der Waals surface area contributed by atoms with E-state index < -0.39 is 0 Å². The van der Waals surface area contributed by atoms with E-state index in [9.17, 15) is 0 Å². The molecule has 0 saturated heterocycles. The summed E-state index contributed by atoms with van der Waals surface area (Å²) in [6, 6.07) is 3.53. The van der Waals surface area contributed by atoms with Crippen LogP contribution in [0.15, 0.2) is 12.1 Å². The summed E-state index contributed by atoms with van der Waals surface area (Å²) in [7, 11) is 0. The van der Waals surface area contributed by atoms with Crippen LogP contribution in [0.4, 0.5) is 0 Å². The van der Waals surface area contributed by atoms with Crippen LogP contribution in [-0.4, -0.2) is 6.10 Å². The molecule has 100 valence electrons. The SMILES string of the molecule is CC1CCCC(Oc2c(Cl)cc(Cl)cc2CCl)C1. The fraction of sp³-hybridized carbons (Fsp3) is 0.571. The maximum atomic E-state index is 6.20. The predicted octanol–water partition coefficient (Wildman–Crippen LogP) is 5.69. The highest BCUT2D eigenvalue weighted by molar-refractivity contribution is 6.36. The van der Waals surface area contributed by atoms with Gasteiger partial charge in [0.25, 0.3) is 0 Å². The quantitative estimate of drug-likeness (QED) is 0.652. The second-order valence-electron chi connectivity index (χ2n) is 5.02. The maximum absolute atomic E-state index is 6.20. The molecule has 2 atom stereocenters. The first-order valence-corrected chi connectivity index (χ1v) is 7.59. The lowest BCUT2D eigenvalue weighted by Gasteiger charge is -2.28. The van der Waals surface area contributed by atoms with Crippen LogP contribution in [0.2, 0.25) is 10.0 Å². The van der Waals surface area contributed by atoms with Gasteiger partial charge in [0.1, 0.15) is 5.75 Å². The van der Waals surface area contributed by atoms with Crippen molar-refractivity contribution < 1.29 is 4.74 Å². The lowest BCUT2D eigenvalue weighted by Crippen LogP contribution is -2.24. The zero-order chi connectivity index (χ0) is 13.1. The highest BCUT2D eigenvalue weighted by atomic mass is 35.5. The zero-order valence-corrected chi connectivity index (χ0v) is 12.7. The summed E-state index contributed by atoms with van der Waals surface area (Å²) in [6.45, 7) is 2.27. The molecule has 1 saturated carbocycles. The Hall–Kier alpha value is -0.110. The van der Waals surface area contributed by atoms with E-state index in [0.29, 0.717) is 27.6 Å². The molecule has 0 aliphatic heterocycles. The molecule has 2 rings (SSSR count). The van der Waals surface area contributed by atoms with E-state index in [4.69, 9.17) is 39.5 Å². The number of ether oxygens (including phenoxy) is 1. The topological polar surface area (TPSA) is 9.23 Å². The van der Waals surface area contributed by atoms with Crippen LogP contribution < -0.4 is 4.74 Å². The van der Waals surface area contributed by atoms with Crippen LogP contribution in [0.3, 0.4) is 0 Å². The average molecular weight is 308 g/mol. The van der Waals surface area contributed by atoms with Crippen molar-refractivity contribution in [3.05, 3.63) is 27.7 Å². The Morgan fingerprint density at radius 1 is 1.28 bits per heavy atom. The Bertz CT molecular complexity index is 420. The molecule has 0 heterocycles. The Balaban J connectivity index is 2.17. The van der Waals surface area contributed by atoms with E-state index in [1.807, 2.05) is 6.07 Å². The molecule has 1 aliphatic rings. The summed E-state index contributed by atoms with van der Waals surface area (Å²) in [4.78, 5) is 0. The van der Waals surface area contributed by atoms with E-state index >= 15 is 0 Å². The lowest BCUT2D eigenvalue weighted by molar-refractivity contribution is 0.128. The molecule has 1 fully saturated rings. The number of rotatable bonds is 3. The van der Waals surface area contributed by atoms with Gasteiger partial charge in [-0.3, -0.25) is 0 Å². The van der Waals surface area contributed by atoms with E-state index in [-0.39, 0.29) is 6.10 Å². The van der Waals surface area contributed by atoms with Crippen molar-refractivity contribution in [3.8, 4) is 5.75 Å². The van der Waals surface area contributed by atoms with Crippen LogP contribution in [-0.2, 0) is 5.88 Å².